The zero-order valence-electron chi connectivity index (χ0n) is 22.0. The van der Waals surface area contributed by atoms with Crippen LogP contribution in [0.3, 0.4) is 0 Å². The van der Waals surface area contributed by atoms with Crippen LogP contribution < -0.4 is 5.56 Å². The number of esters is 1. The van der Waals surface area contributed by atoms with Crippen LogP contribution in [0.4, 0.5) is 0 Å². The van der Waals surface area contributed by atoms with E-state index in [0.29, 0.717) is 18.7 Å². The molecule has 5 atom stereocenters. The predicted molar refractivity (Wildman–Crippen MR) is 144 cm³/mol. The topological polar surface area (TPSA) is 88.3 Å². The van der Waals surface area contributed by atoms with Crippen molar-refractivity contribution in [3.05, 3.63) is 40.3 Å². The summed E-state index contributed by atoms with van der Waals surface area (Å²) in [5.74, 6) is 1.50. The van der Waals surface area contributed by atoms with Crippen molar-refractivity contribution in [1.82, 2.24) is 14.5 Å². The quantitative estimate of drug-likeness (QED) is 0.411. The second-order valence-corrected chi connectivity index (χ2v) is 11.9. The second kappa shape index (κ2) is 10.3. The molecule has 3 heterocycles. The third kappa shape index (κ3) is 4.75. The number of fused-ring (bicyclic) bond motifs is 5. The van der Waals surface area contributed by atoms with Crippen molar-refractivity contribution in [2.75, 3.05) is 6.61 Å². The molecule has 2 saturated carbocycles. The molecule has 1 N–H and O–H groups in total. The Hall–Kier alpha value is -2.54. The Morgan fingerprint density at radius 3 is 2.35 bits per heavy atom. The number of para-hydroxylation sites is 2. The van der Waals surface area contributed by atoms with Crippen molar-refractivity contribution in [1.29, 1.82) is 5.41 Å². The molecule has 2 aliphatic heterocycles. The summed E-state index contributed by atoms with van der Waals surface area (Å²) in [6, 6.07) is 9.74. The summed E-state index contributed by atoms with van der Waals surface area (Å²) in [6.07, 6.45) is 13.1. The maximum absolute atomic E-state index is 13.9. The highest BCUT2D eigenvalue weighted by Gasteiger charge is 2.47. The number of nitrogens with one attached hydrogen (secondary N) is 1. The minimum atomic E-state index is -0.343. The monoisotopic (exact) mass is 504 g/mol. The molecule has 198 valence electrons. The highest BCUT2D eigenvalue weighted by atomic mass is 16.5. The third-order valence-electron chi connectivity index (χ3n) is 9.62. The fourth-order valence-electron chi connectivity index (χ4n) is 8.22. The molecule has 2 aromatic rings. The summed E-state index contributed by atoms with van der Waals surface area (Å²) in [5.41, 5.74) is 1.72. The van der Waals surface area contributed by atoms with E-state index in [2.05, 4.69) is 9.88 Å². The molecule has 4 fully saturated rings. The lowest BCUT2D eigenvalue weighted by Gasteiger charge is -2.49. The van der Waals surface area contributed by atoms with Gasteiger partial charge in [0.25, 0.3) is 5.56 Å². The molecule has 0 amide bonds. The molecule has 1 aromatic heterocycles. The summed E-state index contributed by atoms with van der Waals surface area (Å²) in [6.45, 7) is 2.08. The van der Waals surface area contributed by atoms with Gasteiger partial charge in [0.05, 0.1) is 29.8 Å². The molecule has 2 unspecified atom stereocenters. The van der Waals surface area contributed by atoms with Gasteiger partial charge in [-0.2, -0.15) is 0 Å². The molecule has 37 heavy (non-hydrogen) atoms. The molecule has 6 rings (SSSR count). The van der Waals surface area contributed by atoms with Gasteiger partial charge in [-0.25, -0.2) is 4.98 Å². The van der Waals surface area contributed by atoms with E-state index in [-0.39, 0.29) is 41.8 Å². The van der Waals surface area contributed by atoms with E-state index >= 15 is 0 Å². The Balaban J connectivity index is 1.27. The van der Waals surface area contributed by atoms with Gasteiger partial charge in [-0.1, -0.05) is 31.4 Å². The molecule has 2 aliphatic carbocycles. The van der Waals surface area contributed by atoms with Crippen molar-refractivity contribution >= 4 is 22.7 Å². The molecule has 4 aliphatic rings. The van der Waals surface area contributed by atoms with Crippen LogP contribution in [0.5, 0.6) is 0 Å². The van der Waals surface area contributed by atoms with Crippen molar-refractivity contribution < 1.29 is 9.53 Å². The Morgan fingerprint density at radius 2 is 1.65 bits per heavy atom. The Bertz CT molecular complexity index is 1210. The number of rotatable bonds is 7. The van der Waals surface area contributed by atoms with Crippen LogP contribution in [-0.2, 0) is 9.53 Å². The van der Waals surface area contributed by atoms with Crippen molar-refractivity contribution in [3.63, 3.8) is 0 Å². The highest BCUT2D eigenvalue weighted by Crippen LogP contribution is 2.48. The van der Waals surface area contributed by atoms with Crippen LogP contribution in [0.2, 0.25) is 0 Å². The average Bonchev–Trinajstić information content (AvgIpc) is 3.16. The number of nitrogens with zero attached hydrogens (tertiary/aromatic N) is 3. The molecule has 7 heteroatoms. The first kappa shape index (κ1) is 24.8. The smallest absolute Gasteiger partial charge is 0.306 e. The number of ether oxygens (including phenoxy) is 1. The first-order valence-corrected chi connectivity index (χ1v) is 14.5. The van der Waals surface area contributed by atoms with E-state index in [1.807, 2.05) is 28.8 Å². The first-order valence-electron chi connectivity index (χ1n) is 14.5. The number of carbonyl (C=O) groups excluding carboxylic acids is 1. The van der Waals surface area contributed by atoms with Gasteiger partial charge in [-0.3, -0.25) is 14.5 Å². The minimum absolute atomic E-state index is 0.0898. The van der Waals surface area contributed by atoms with Crippen molar-refractivity contribution in [2.45, 2.75) is 108 Å². The summed E-state index contributed by atoms with van der Waals surface area (Å²) in [4.78, 5) is 33.2. The number of aromatic nitrogens is 2. The number of benzene rings is 1. The highest BCUT2D eigenvalue weighted by molar-refractivity contribution is 5.98. The van der Waals surface area contributed by atoms with Gasteiger partial charge in [-0.05, 0) is 75.8 Å². The minimum Gasteiger partial charge on any atom is -0.466 e. The van der Waals surface area contributed by atoms with E-state index in [9.17, 15) is 9.59 Å². The lowest BCUT2D eigenvalue weighted by molar-refractivity contribution is -0.142. The van der Waals surface area contributed by atoms with Crippen LogP contribution in [0, 0.1) is 17.2 Å². The molecule has 2 saturated heterocycles. The van der Waals surface area contributed by atoms with E-state index in [0.717, 1.165) is 41.8 Å². The lowest BCUT2D eigenvalue weighted by Crippen LogP contribution is -2.52. The Kier molecular flexibility index (Phi) is 6.91. The van der Waals surface area contributed by atoms with Crippen molar-refractivity contribution in [2.24, 2.45) is 11.8 Å². The van der Waals surface area contributed by atoms with Crippen LogP contribution >= 0.6 is 0 Å². The summed E-state index contributed by atoms with van der Waals surface area (Å²) >= 11 is 0. The lowest BCUT2D eigenvalue weighted by atomic mass is 9.69. The SMILES string of the molecule is CCOC(=O)CCC(=N)c1nc2ccccc2n([C@H]2C[C@H]3CC[C@@H](C2)N3C2CC3CCCC(C3)C2)c1=O. The molecular formula is C30H40N4O3. The fraction of sp³-hybridized carbons (Fsp3) is 0.667. The zero-order chi connectivity index (χ0) is 25.5. The standard InChI is InChI=1S/C30H40N4O3/c1-2-37-28(35)13-12-25(31)29-30(36)34(27-9-4-3-8-26(27)32-29)24-17-21-10-11-22(18-24)33(21)23-15-19-6-5-7-20(14-19)16-23/h3-4,8-9,19-24,31H,2,5-7,10-18H2,1H3/t19?,20?,21-,22+,23?,24+. The van der Waals surface area contributed by atoms with Gasteiger partial charge >= 0.3 is 5.97 Å². The molecular weight excluding hydrogens is 464 g/mol. The van der Waals surface area contributed by atoms with Gasteiger partial charge in [0, 0.05) is 30.6 Å². The maximum Gasteiger partial charge on any atom is 0.306 e. The van der Waals surface area contributed by atoms with E-state index in [1.165, 1.54) is 51.4 Å². The molecule has 0 radical (unpaired) electrons. The average molecular weight is 505 g/mol. The summed E-state index contributed by atoms with van der Waals surface area (Å²) in [5, 5.41) is 8.61. The summed E-state index contributed by atoms with van der Waals surface area (Å²) < 4.78 is 6.97. The van der Waals surface area contributed by atoms with Gasteiger partial charge in [0.15, 0.2) is 0 Å². The summed E-state index contributed by atoms with van der Waals surface area (Å²) in [7, 11) is 0. The first-order chi connectivity index (χ1) is 18.0. The van der Waals surface area contributed by atoms with Crippen LogP contribution in [0.1, 0.15) is 95.7 Å². The second-order valence-electron chi connectivity index (χ2n) is 11.9. The van der Waals surface area contributed by atoms with Gasteiger partial charge in [0.2, 0.25) is 0 Å². The van der Waals surface area contributed by atoms with Crippen molar-refractivity contribution in [3.8, 4) is 0 Å². The Labute approximate surface area is 219 Å². The zero-order valence-corrected chi connectivity index (χ0v) is 22.0. The maximum atomic E-state index is 13.9. The van der Waals surface area contributed by atoms with Gasteiger partial charge in [0.1, 0.15) is 5.69 Å². The molecule has 4 bridgehead atoms. The van der Waals surface area contributed by atoms with E-state index < -0.39 is 0 Å². The predicted octanol–water partition coefficient (Wildman–Crippen LogP) is 5.24. The van der Waals surface area contributed by atoms with Crippen LogP contribution in [0.25, 0.3) is 11.0 Å². The van der Waals surface area contributed by atoms with E-state index in [1.54, 1.807) is 6.92 Å². The van der Waals surface area contributed by atoms with Crippen LogP contribution in [-0.4, -0.2) is 50.9 Å². The molecule has 0 spiro atoms. The third-order valence-corrected chi connectivity index (χ3v) is 9.62. The molecule has 1 aromatic carbocycles. The van der Waals surface area contributed by atoms with Gasteiger partial charge < -0.3 is 14.7 Å². The Morgan fingerprint density at radius 1 is 0.946 bits per heavy atom. The van der Waals surface area contributed by atoms with E-state index in [4.69, 9.17) is 10.1 Å². The number of hydrogen-bond acceptors (Lipinski definition) is 6. The largest absolute Gasteiger partial charge is 0.466 e. The number of piperidine rings is 1. The molecule has 7 nitrogen and oxygen atoms in total. The fourth-order valence-corrected chi connectivity index (χ4v) is 8.22. The number of carbonyl (C=O) groups is 1. The van der Waals surface area contributed by atoms with Crippen LogP contribution in [0.15, 0.2) is 29.1 Å². The number of hydrogen-bond donors (Lipinski definition) is 1. The normalized spacial score (nSPS) is 31.4. The van der Waals surface area contributed by atoms with Gasteiger partial charge in [-0.15, -0.1) is 0 Å².